The Morgan fingerprint density at radius 2 is 1.91 bits per heavy atom. The van der Waals surface area contributed by atoms with Crippen LogP contribution in [-0.4, -0.2) is 63.5 Å². The highest BCUT2D eigenvalue weighted by Crippen LogP contribution is 2.38. The minimum atomic E-state index is -1.15. The number of unbranched alkanes of at least 4 members (excludes halogenated alkanes) is 1. The number of nitrogens with zero attached hydrogens (tertiary/aromatic N) is 1. The summed E-state index contributed by atoms with van der Waals surface area (Å²) in [6.45, 7) is 5.64. The van der Waals surface area contributed by atoms with Crippen LogP contribution in [0.25, 0.3) is 0 Å². The third-order valence-electron chi connectivity index (χ3n) is 5.69. The number of thioether (sulfide) groups is 1. The predicted octanol–water partition coefficient (Wildman–Crippen LogP) is 1.22. The molecule has 0 bridgehead atoms. The van der Waals surface area contributed by atoms with E-state index in [1.807, 2.05) is 0 Å². The van der Waals surface area contributed by atoms with Gasteiger partial charge >= 0.3 is 7.12 Å². The van der Waals surface area contributed by atoms with Gasteiger partial charge in [-0.3, -0.25) is 10.2 Å². The third kappa shape index (κ3) is 4.25. The van der Waals surface area contributed by atoms with Crippen LogP contribution in [0.5, 0.6) is 0 Å². The molecule has 0 amide bonds. The summed E-state index contributed by atoms with van der Waals surface area (Å²) in [5.41, 5.74) is 0. The standard InChI is InChI=1S/C16H32BN3O2S/c1-11-15(23-12(2)18-11)16-19-13-7-3-4-8-14(13)20(16)10-6-5-9-17(21)22/h11-16,18-19,21-22H,3-10H2,1-2H3. The molecule has 2 heterocycles. The van der Waals surface area contributed by atoms with Gasteiger partial charge < -0.3 is 15.4 Å². The van der Waals surface area contributed by atoms with E-state index in [2.05, 4.69) is 41.1 Å². The van der Waals surface area contributed by atoms with Crippen LogP contribution >= 0.6 is 11.8 Å². The minimum Gasteiger partial charge on any atom is -0.427 e. The summed E-state index contributed by atoms with van der Waals surface area (Å²) < 4.78 is 0. The molecule has 23 heavy (non-hydrogen) atoms. The van der Waals surface area contributed by atoms with E-state index >= 15 is 0 Å². The van der Waals surface area contributed by atoms with Gasteiger partial charge in [-0.1, -0.05) is 19.3 Å². The highest BCUT2D eigenvalue weighted by atomic mass is 32.2. The molecule has 0 aromatic carbocycles. The van der Waals surface area contributed by atoms with Gasteiger partial charge in [0.15, 0.2) is 0 Å². The zero-order valence-corrected chi connectivity index (χ0v) is 15.3. The van der Waals surface area contributed by atoms with Crippen LogP contribution in [-0.2, 0) is 0 Å². The lowest BCUT2D eigenvalue weighted by atomic mass is 9.83. The zero-order valence-electron chi connectivity index (χ0n) is 14.4. The molecule has 6 atom stereocenters. The van der Waals surface area contributed by atoms with Crippen LogP contribution in [0.4, 0.5) is 0 Å². The first-order valence-corrected chi connectivity index (χ1v) is 10.3. The average molecular weight is 341 g/mol. The van der Waals surface area contributed by atoms with Crippen molar-refractivity contribution in [1.29, 1.82) is 0 Å². The number of hydrogen-bond donors (Lipinski definition) is 4. The van der Waals surface area contributed by atoms with Gasteiger partial charge in [-0.2, -0.15) is 0 Å². The summed E-state index contributed by atoms with van der Waals surface area (Å²) in [5.74, 6) is 0. The maximum absolute atomic E-state index is 9.04. The van der Waals surface area contributed by atoms with E-state index < -0.39 is 7.12 Å². The van der Waals surface area contributed by atoms with Crippen molar-refractivity contribution in [3.63, 3.8) is 0 Å². The van der Waals surface area contributed by atoms with Crippen LogP contribution in [0.1, 0.15) is 52.4 Å². The molecule has 0 radical (unpaired) electrons. The van der Waals surface area contributed by atoms with E-state index in [4.69, 9.17) is 10.0 Å². The Hall–Kier alpha value is 0.215. The van der Waals surface area contributed by atoms with Gasteiger partial charge in [0.25, 0.3) is 0 Å². The van der Waals surface area contributed by atoms with Crippen molar-refractivity contribution in [1.82, 2.24) is 15.5 Å². The summed E-state index contributed by atoms with van der Waals surface area (Å²) >= 11 is 2.07. The van der Waals surface area contributed by atoms with Crippen LogP contribution in [0, 0.1) is 0 Å². The topological polar surface area (TPSA) is 67.8 Å². The number of hydrogen-bond acceptors (Lipinski definition) is 6. The molecule has 0 aromatic heterocycles. The Labute approximate surface area is 145 Å². The van der Waals surface area contributed by atoms with E-state index in [9.17, 15) is 0 Å². The lowest BCUT2D eigenvalue weighted by molar-refractivity contribution is 0.154. The molecule has 4 N–H and O–H groups in total. The van der Waals surface area contributed by atoms with E-state index in [1.54, 1.807) is 0 Å². The van der Waals surface area contributed by atoms with Gasteiger partial charge in [0.05, 0.1) is 16.8 Å². The molecule has 2 saturated heterocycles. The number of fused-ring (bicyclic) bond motifs is 1. The highest BCUT2D eigenvalue weighted by molar-refractivity contribution is 8.00. The van der Waals surface area contributed by atoms with Crippen molar-refractivity contribution in [3.05, 3.63) is 0 Å². The summed E-state index contributed by atoms with van der Waals surface area (Å²) in [6, 6.07) is 1.87. The fourth-order valence-corrected chi connectivity index (χ4v) is 6.10. The van der Waals surface area contributed by atoms with Crippen LogP contribution in [0.15, 0.2) is 0 Å². The quantitative estimate of drug-likeness (QED) is 0.430. The van der Waals surface area contributed by atoms with Crippen molar-refractivity contribution in [3.8, 4) is 0 Å². The highest BCUT2D eigenvalue weighted by Gasteiger charge is 2.47. The largest absolute Gasteiger partial charge is 0.451 e. The van der Waals surface area contributed by atoms with E-state index in [0.29, 0.717) is 41.2 Å². The summed E-state index contributed by atoms with van der Waals surface area (Å²) in [4.78, 5) is 2.71. The first-order valence-electron chi connectivity index (χ1n) is 9.35. The molecular weight excluding hydrogens is 309 g/mol. The Morgan fingerprint density at radius 3 is 2.61 bits per heavy atom. The number of nitrogens with one attached hydrogen (secondary N) is 2. The molecule has 3 aliphatic rings. The molecule has 5 nitrogen and oxygen atoms in total. The van der Waals surface area contributed by atoms with Gasteiger partial charge in [0.1, 0.15) is 0 Å². The van der Waals surface area contributed by atoms with Crippen molar-refractivity contribution in [2.24, 2.45) is 0 Å². The third-order valence-corrected chi connectivity index (χ3v) is 7.21. The second kappa shape index (κ2) is 8.06. The van der Waals surface area contributed by atoms with Gasteiger partial charge in [0.2, 0.25) is 0 Å². The summed E-state index contributed by atoms with van der Waals surface area (Å²) in [7, 11) is -1.15. The van der Waals surface area contributed by atoms with Gasteiger partial charge in [-0.05, 0) is 39.4 Å². The van der Waals surface area contributed by atoms with Crippen molar-refractivity contribution in [2.45, 2.75) is 93.6 Å². The van der Waals surface area contributed by atoms with E-state index in [-0.39, 0.29) is 0 Å². The molecule has 132 valence electrons. The first kappa shape index (κ1) is 18.0. The first-order chi connectivity index (χ1) is 11.1. The minimum absolute atomic E-state index is 0.458. The molecule has 0 spiro atoms. The van der Waals surface area contributed by atoms with Crippen molar-refractivity contribution in [2.75, 3.05) is 6.54 Å². The predicted molar refractivity (Wildman–Crippen MR) is 97.3 cm³/mol. The lowest BCUT2D eigenvalue weighted by Crippen LogP contribution is -2.50. The molecule has 1 aliphatic carbocycles. The molecule has 3 rings (SSSR count). The van der Waals surface area contributed by atoms with Gasteiger partial charge in [-0.15, -0.1) is 11.8 Å². The summed E-state index contributed by atoms with van der Waals surface area (Å²) in [6.07, 6.45) is 8.21. The van der Waals surface area contributed by atoms with Crippen LogP contribution in [0.3, 0.4) is 0 Å². The molecule has 0 aromatic rings. The fraction of sp³-hybridized carbons (Fsp3) is 1.00. The molecule has 3 fully saturated rings. The Kier molecular flexibility index (Phi) is 6.32. The molecule has 6 unspecified atom stereocenters. The van der Waals surface area contributed by atoms with Crippen LogP contribution < -0.4 is 10.6 Å². The number of rotatable bonds is 6. The Morgan fingerprint density at radius 1 is 1.13 bits per heavy atom. The monoisotopic (exact) mass is 341 g/mol. The molecular formula is C16H32BN3O2S. The Bertz CT molecular complexity index is 390. The normalized spacial score (nSPS) is 41.2. The van der Waals surface area contributed by atoms with Gasteiger partial charge in [0, 0.05) is 24.7 Å². The van der Waals surface area contributed by atoms with Crippen molar-refractivity contribution >= 4 is 18.9 Å². The molecule has 2 aliphatic heterocycles. The molecule has 7 heteroatoms. The van der Waals surface area contributed by atoms with E-state index in [0.717, 1.165) is 19.4 Å². The lowest BCUT2D eigenvalue weighted by Gasteiger charge is -2.35. The van der Waals surface area contributed by atoms with Gasteiger partial charge in [-0.25, -0.2) is 0 Å². The molecule has 1 saturated carbocycles. The van der Waals surface area contributed by atoms with Crippen LogP contribution in [0.2, 0.25) is 6.32 Å². The Balaban J connectivity index is 1.63. The second-order valence-electron chi connectivity index (χ2n) is 7.48. The second-order valence-corrected chi connectivity index (χ2v) is 9.01. The smallest absolute Gasteiger partial charge is 0.427 e. The maximum atomic E-state index is 9.04. The van der Waals surface area contributed by atoms with Crippen molar-refractivity contribution < 1.29 is 10.0 Å². The fourth-order valence-electron chi connectivity index (χ4n) is 4.64. The summed E-state index contributed by atoms with van der Waals surface area (Å²) in [5, 5.41) is 26.8. The SMILES string of the molecule is CC1NC(C)C(C2NC3CCCCC3N2CCCCB(O)O)S1. The van der Waals surface area contributed by atoms with E-state index in [1.165, 1.54) is 25.7 Å². The average Bonchev–Trinajstić information content (AvgIpc) is 3.03. The maximum Gasteiger partial charge on any atom is 0.451 e. The zero-order chi connectivity index (χ0) is 16.4.